The van der Waals surface area contributed by atoms with Crippen LogP contribution in [0.4, 0.5) is 4.79 Å². The molecule has 0 saturated carbocycles. The zero-order chi connectivity index (χ0) is 16.9. The lowest BCUT2D eigenvalue weighted by molar-refractivity contribution is -0.114. The third-order valence-corrected chi connectivity index (χ3v) is 3.37. The smallest absolute Gasteiger partial charge is 0.438 e. The highest BCUT2D eigenvalue weighted by atomic mass is 16.7. The number of benzene rings is 1. The fourth-order valence-electron chi connectivity index (χ4n) is 2.18. The standard InChI is InChI=1S/C16H18N2O4/c1-9-5-10(2)14(8-22-16(20)21-4)11(3)13(9)6-12(7-17)15(18)19/h5-6H,8H2,1-4H3,(H2,18,19)/b12-6+. The maximum Gasteiger partial charge on any atom is 0.508 e. The summed E-state index contributed by atoms with van der Waals surface area (Å²) in [6.45, 7) is 5.64. The number of ether oxygens (including phenoxy) is 2. The number of hydrogen-bond donors (Lipinski definition) is 1. The van der Waals surface area contributed by atoms with Crippen molar-refractivity contribution in [2.45, 2.75) is 27.4 Å². The number of aryl methyl sites for hydroxylation is 2. The van der Waals surface area contributed by atoms with Crippen LogP contribution in [0.1, 0.15) is 27.8 Å². The Morgan fingerprint density at radius 2 is 1.95 bits per heavy atom. The molecule has 1 amide bonds. The molecule has 116 valence electrons. The lowest BCUT2D eigenvalue weighted by atomic mass is 9.92. The van der Waals surface area contributed by atoms with Crippen LogP contribution in [-0.4, -0.2) is 19.2 Å². The highest BCUT2D eigenvalue weighted by Gasteiger charge is 2.14. The second kappa shape index (κ2) is 7.27. The molecule has 6 heteroatoms. The van der Waals surface area contributed by atoms with Crippen LogP contribution < -0.4 is 5.73 Å². The van der Waals surface area contributed by atoms with Gasteiger partial charge in [0, 0.05) is 0 Å². The summed E-state index contributed by atoms with van der Waals surface area (Å²) in [6, 6.07) is 3.67. The van der Waals surface area contributed by atoms with Gasteiger partial charge in [-0.25, -0.2) is 4.79 Å². The van der Waals surface area contributed by atoms with Gasteiger partial charge in [-0.05, 0) is 54.7 Å². The van der Waals surface area contributed by atoms with Gasteiger partial charge in [0.25, 0.3) is 5.91 Å². The topological polar surface area (TPSA) is 102 Å². The molecule has 0 atom stereocenters. The van der Waals surface area contributed by atoms with Crippen molar-refractivity contribution in [3.05, 3.63) is 39.5 Å². The fourth-order valence-corrected chi connectivity index (χ4v) is 2.18. The van der Waals surface area contributed by atoms with E-state index >= 15 is 0 Å². The summed E-state index contributed by atoms with van der Waals surface area (Å²) < 4.78 is 9.42. The lowest BCUT2D eigenvalue weighted by Gasteiger charge is -2.15. The number of carbonyl (C=O) groups excluding carboxylic acids is 2. The van der Waals surface area contributed by atoms with Crippen LogP contribution in [0.25, 0.3) is 6.08 Å². The van der Waals surface area contributed by atoms with Crippen molar-refractivity contribution >= 4 is 18.1 Å². The molecule has 0 heterocycles. The molecule has 0 aliphatic rings. The van der Waals surface area contributed by atoms with E-state index in [-0.39, 0.29) is 12.2 Å². The van der Waals surface area contributed by atoms with Crippen LogP contribution in [-0.2, 0) is 20.9 Å². The molecule has 1 aromatic carbocycles. The molecular formula is C16H18N2O4. The van der Waals surface area contributed by atoms with Crippen LogP contribution in [0, 0.1) is 32.1 Å². The molecular weight excluding hydrogens is 284 g/mol. The Balaban J connectivity index is 3.34. The summed E-state index contributed by atoms with van der Waals surface area (Å²) in [5.41, 5.74) is 9.19. The van der Waals surface area contributed by atoms with Crippen LogP contribution in [0.15, 0.2) is 11.6 Å². The Morgan fingerprint density at radius 3 is 2.45 bits per heavy atom. The first-order valence-corrected chi connectivity index (χ1v) is 6.53. The molecule has 0 aromatic heterocycles. The van der Waals surface area contributed by atoms with Crippen molar-refractivity contribution in [2.24, 2.45) is 5.73 Å². The van der Waals surface area contributed by atoms with Gasteiger partial charge in [0.05, 0.1) is 7.11 Å². The summed E-state index contributed by atoms with van der Waals surface area (Å²) >= 11 is 0. The van der Waals surface area contributed by atoms with Crippen molar-refractivity contribution in [1.82, 2.24) is 0 Å². The third-order valence-electron chi connectivity index (χ3n) is 3.37. The Kier molecular flexibility index (Phi) is 5.70. The molecule has 1 rings (SSSR count). The Morgan fingerprint density at radius 1 is 1.32 bits per heavy atom. The minimum absolute atomic E-state index is 0.0456. The Bertz CT molecular complexity index is 684. The zero-order valence-electron chi connectivity index (χ0n) is 13.0. The number of nitrogens with two attached hydrogens (primary N) is 1. The second-order valence-corrected chi connectivity index (χ2v) is 4.80. The largest absolute Gasteiger partial charge is 0.508 e. The minimum atomic E-state index is -0.783. The SMILES string of the molecule is COC(=O)OCc1c(C)cc(C)c(/C=C(\C#N)C(N)=O)c1C. The van der Waals surface area contributed by atoms with E-state index in [4.69, 9.17) is 15.7 Å². The first-order valence-electron chi connectivity index (χ1n) is 6.53. The predicted octanol–water partition coefficient (Wildman–Crippen LogP) is 2.29. The molecule has 0 fully saturated rings. The fraction of sp³-hybridized carbons (Fsp3) is 0.312. The van der Waals surface area contributed by atoms with Gasteiger partial charge in [0.1, 0.15) is 18.2 Å². The average molecular weight is 302 g/mol. The molecule has 0 radical (unpaired) electrons. The Labute approximate surface area is 129 Å². The number of nitrogens with zero attached hydrogens (tertiary/aromatic N) is 1. The van der Waals surface area contributed by atoms with E-state index in [1.54, 1.807) is 6.07 Å². The van der Waals surface area contributed by atoms with Gasteiger partial charge in [-0.1, -0.05) is 6.07 Å². The molecule has 0 bridgehead atoms. The van der Waals surface area contributed by atoms with Gasteiger partial charge >= 0.3 is 6.16 Å². The molecule has 1 aromatic rings. The normalized spacial score (nSPS) is 10.8. The highest BCUT2D eigenvalue weighted by Crippen LogP contribution is 2.25. The maximum atomic E-state index is 11.2. The first kappa shape index (κ1) is 17.2. The molecule has 2 N–H and O–H groups in total. The first-order chi connectivity index (χ1) is 10.3. The van der Waals surface area contributed by atoms with Gasteiger partial charge in [-0.15, -0.1) is 0 Å². The van der Waals surface area contributed by atoms with Gasteiger partial charge in [-0.2, -0.15) is 5.26 Å². The van der Waals surface area contributed by atoms with Crippen molar-refractivity contribution in [3.8, 4) is 6.07 Å². The van der Waals surface area contributed by atoms with Crippen LogP contribution in [0.3, 0.4) is 0 Å². The molecule has 0 aliphatic carbocycles. The zero-order valence-corrected chi connectivity index (χ0v) is 13.0. The molecule has 0 aliphatic heterocycles. The average Bonchev–Trinajstić information content (AvgIpc) is 2.46. The van der Waals surface area contributed by atoms with E-state index in [0.29, 0.717) is 5.56 Å². The van der Waals surface area contributed by atoms with Gasteiger partial charge in [-0.3, -0.25) is 4.79 Å². The van der Waals surface area contributed by atoms with E-state index in [9.17, 15) is 9.59 Å². The minimum Gasteiger partial charge on any atom is -0.438 e. The molecule has 0 spiro atoms. The van der Waals surface area contributed by atoms with Crippen molar-refractivity contribution in [2.75, 3.05) is 7.11 Å². The van der Waals surface area contributed by atoms with Gasteiger partial charge in [0.2, 0.25) is 0 Å². The number of rotatable bonds is 4. The summed E-state index contributed by atoms with van der Waals surface area (Å²) in [5.74, 6) is -0.783. The molecule has 22 heavy (non-hydrogen) atoms. The number of hydrogen-bond acceptors (Lipinski definition) is 5. The number of amides is 1. The second-order valence-electron chi connectivity index (χ2n) is 4.80. The summed E-state index contributed by atoms with van der Waals surface area (Å²) in [5, 5.41) is 8.97. The predicted molar refractivity (Wildman–Crippen MR) is 80.6 cm³/mol. The van der Waals surface area contributed by atoms with Crippen molar-refractivity contribution < 1.29 is 19.1 Å². The molecule has 0 unspecified atom stereocenters. The van der Waals surface area contributed by atoms with Crippen LogP contribution >= 0.6 is 0 Å². The van der Waals surface area contributed by atoms with Crippen LogP contribution in [0.5, 0.6) is 0 Å². The number of nitriles is 1. The van der Waals surface area contributed by atoms with E-state index in [1.807, 2.05) is 26.8 Å². The summed E-state index contributed by atoms with van der Waals surface area (Å²) in [6.07, 6.45) is 0.681. The lowest BCUT2D eigenvalue weighted by Crippen LogP contribution is -2.13. The van der Waals surface area contributed by atoms with Crippen molar-refractivity contribution in [1.29, 1.82) is 5.26 Å². The van der Waals surface area contributed by atoms with Crippen LogP contribution in [0.2, 0.25) is 0 Å². The number of primary amides is 1. The number of methoxy groups -OCH3 is 1. The van der Waals surface area contributed by atoms with Gasteiger partial charge in [0.15, 0.2) is 0 Å². The summed E-state index contributed by atoms with van der Waals surface area (Å²) in [7, 11) is 1.23. The number of carbonyl (C=O) groups is 2. The Hall–Kier alpha value is -2.81. The monoisotopic (exact) mass is 302 g/mol. The third kappa shape index (κ3) is 3.85. The maximum absolute atomic E-state index is 11.2. The van der Waals surface area contributed by atoms with Gasteiger partial charge < -0.3 is 15.2 Å². The van der Waals surface area contributed by atoms with E-state index in [2.05, 4.69) is 4.74 Å². The van der Waals surface area contributed by atoms with E-state index in [0.717, 1.165) is 22.3 Å². The van der Waals surface area contributed by atoms with E-state index < -0.39 is 12.1 Å². The molecule has 0 saturated heterocycles. The quantitative estimate of drug-likeness (QED) is 0.522. The van der Waals surface area contributed by atoms with Crippen molar-refractivity contribution in [3.63, 3.8) is 0 Å². The molecule has 6 nitrogen and oxygen atoms in total. The summed E-state index contributed by atoms with van der Waals surface area (Å²) in [4.78, 5) is 22.3. The van der Waals surface area contributed by atoms with E-state index in [1.165, 1.54) is 13.2 Å². The highest BCUT2D eigenvalue weighted by molar-refractivity contribution is 6.00.